The Kier molecular flexibility index (Phi) is 6.00. The van der Waals surface area contributed by atoms with Gasteiger partial charge < -0.3 is 10.6 Å². The molecule has 7 heteroatoms. The Morgan fingerprint density at radius 2 is 1.85 bits per heavy atom. The first-order valence-electron chi connectivity index (χ1n) is 11.8. The van der Waals surface area contributed by atoms with Crippen LogP contribution in [0.1, 0.15) is 58.8 Å². The van der Waals surface area contributed by atoms with Crippen LogP contribution in [-0.4, -0.2) is 46.7 Å². The molecule has 3 aliphatic rings. The lowest BCUT2D eigenvalue weighted by Gasteiger charge is -2.41. The van der Waals surface area contributed by atoms with Crippen molar-refractivity contribution in [2.75, 3.05) is 13.1 Å². The SMILES string of the molecule is NC[C@@H]1CCCN(Cc2ccc3c(c2)C(=O)N(C2CCC(=O)NC2=O)C3)[C@@H]1c1ccccc1. The molecule has 2 aromatic carbocycles. The second-order valence-electron chi connectivity index (χ2n) is 9.36. The van der Waals surface area contributed by atoms with Crippen LogP contribution in [0.4, 0.5) is 0 Å². The zero-order valence-corrected chi connectivity index (χ0v) is 18.7. The van der Waals surface area contributed by atoms with Crippen molar-refractivity contribution >= 4 is 17.7 Å². The average molecular weight is 447 g/mol. The van der Waals surface area contributed by atoms with Crippen molar-refractivity contribution in [1.82, 2.24) is 15.1 Å². The van der Waals surface area contributed by atoms with Gasteiger partial charge in [-0.05, 0) is 61.0 Å². The summed E-state index contributed by atoms with van der Waals surface area (Å²) in [4.78, 5) is 41.1. The van der Waals surface area contributed by atoms with Gasteiger partial charge in [0.25, 0.3) is 5.91 Å². The molecule has 0 aliphatic carbocycles. The molecule has 2 saturated heterocycles. The van der Waals surface area contributed by atoms with Crippen LogP contribution >= 0.6 is 0 Å². The Morgan fingerprint density at radius 1 is 1.03 bits per heavy atom. The molecule has 3 heterocycles. The largest absolute Gasteiger partial charge is 0.330 e. The average Bonchev–Trinajstić information content (AvgIpc) is 3.15. The van der Waals surface area contributed by atoms with E-state index in [0.29, 0.717) is 31.0 Å². The van der Waals surface area contributed by atoms with E-state index in [0.717, 1.165) is 37.1 Å². The Labute approximate surface area is 193 Å². The zero-order valence-electron chi connectivity index (χ0n) is 18.7. The van der Waals surface area contributed by atoms with Gasteiger partial charge in [-0.25, -0.2) is 0 Å². The van der Waals surface area contributed by atoms with Crippen LogP contribution < -0.4 is 11.1 Å². The van der Waals surface area contributed by atoms with E-state index < -0.39 is 6.04 Å². The fraction of sp³-hybridized carbons (Fsp3) is 0.423. The van der Waals surface area contributed by atoms with Gasteiger partial charge in [-0.3, -0.25) is 24.6 Å². The Balaban J connectivity index is 1.36. The summed E-state index contributed by atoms with van der Waals surface area (Å²) in [6, 6.07) is 16.3. The predicted octanol–water partition coefficient (Wildman–Crippen LogP) is 2.36. The molecular weight excluding hydrogens is 416 g/mol. The van der Waals surface area contributed by atoms with Gasteiger partial charge in [-0.1, -0.05) is 42.5 Å². The molecule has 0 bridgehead atoms. The molecule has 2 fully saturated rings. The number of nitrogens with zero attached hydrogens (tertiary/aromatic N) is 2. The van der Waals surface area contributed by atoms with E-state index in [9.17, 15) is 14.4 Å². The van der Waals surface area contributed by atoms with Crippen molar-refractivity contribution < 1.29 is 14.4 Å². The van der Waals surface area contributed by atoms with Crippen LogP contribution in [0.25, 0.3) is 0 Å². The summed E-state index contributed by atoms with van der Waals surface area (Å²) in [6.45, 7) is 2.80. The maximum absolute atomic E-state index is 13.2. The highest BCUT2D eigenvalue weighted by atomic mass is 16.2. The summed E-state index contributed by atoms with van der Waals surface area (Å²) in [5, 5.41) is 2.36. The van der Waals surface area contributed by atoms with Crippen LogP contribution in [0.3, 0.4) is 0 Å². The van der Waals surface area contributed by atoms with E-state index in [-0.39, 0.29) is 30.2 Å². The maximum Gasteiger partial charge on any atom is 0.255 e. The quantitative estimate of drug-likeness (QED) is 0.688. The monoisotopic (exact) mass is 446 g/mol. The number of piperidine rings is 2. The van der Waals surface area contributed by atoms with Crippen molar-refractivity contribution in [2.24, 2.45) is 11.7 Å². The summed E-state index contributed by atoms with van der Waals surface area (Å²) in [5.74, 6) is -0.368. The minimum atomic E-state index is -0.582. The number of hydrogen-bond donors (Lipinski definition) is 2. The number of benzene rings is 2. The molecule has 3 amide bonds. The number of hydrogen-bond acceptors (Lipinski definition) is 5. The Morgan fingerprint density at radius 3 is 2.61 bits per heavy atom. The van der Waals surface area contributed by atoms with Crippen LogP contribution in [-0.2, 0) is 22.7 Å². The first-order valence-corrected chi connectivity index (χ1v) is 11.8. The molecule has 3 atom stereocenters. The van der Waals surface area contributed by atoms with Crippen molar-refractivity contribution in [3.05, 3.63) is 70.8 Å². The highest BCUT2D eigenvalue weighted by molar-refractivity contribution is 6.05. The van der Waals surface area contributed by atoms with Gasteiger partial charge in [0.2, 0.25) is 11.8 Å². The van der Waals surface area contributed by atoms with Crippen LogP contribution in [0.5, 0.6) is 0 Å². The zero-order chi connectivity index (χ0) is 22.9. The molecule has 0 aromatic heterocycles. The lowest BCUT2D eigenvalue weighted by Crippen LogP contribution is -2.52. The molecule has 7 nitrogen and oxygen atoms in total. The van der Waals surface area contributed by atoms with Crippen LogP contribution in [0.15, 0.2) is 48.5 Å². The molecule has 33 heavy (non-hydrogen) atoms. The summed E-state index contributed by atoms with van der Waals surface area (Å²) in [7, 11) is 0. The number of nitrogens with one attached hydrogen (secondary N) is 1. The van der Waals surface area contributed by atoms with Crippen LogP contribution in [0.2, 0.25) is 0 Å². The van der Waals surface area contributed by atoms with E-state index in [1.54, 1.807) is 4.90 Å². The molecule has 1 unspecified atom stereocenters. The third kappa shape index (κ3) is 4.18. The normalized spacial score (nSPS) is 25.8. The number of rotatable bonds is 5. The number of carbonyl (C=O) groups is 3. The molecule has 2 aromatic rings. The maximum atomic E-state index is 13.2. The minimum Gasteiger partial charge on any atom is -0.330 e. The van der Waals surface area contributed by atoms with Gasteiger partial charge >= 0.3 is 0 Å². The summed E-state index contributed by atoms with van der Waals surface area (Å²) in [5.41, 5.74) is 10.1. The Hall–Kier alpha value is -3.03. The van der Waals surface area contributed by atoms with Crippen molar-refractivity contribution in [3.8, 4) is 0 Å². The number of likely N-dealkylation sites (tertiary alicyclic amines) is 1. The molecule has 172 valence electrons. The molecule has 5 rings (SSSR count). The minimum absolute atomic E-state index is 0.126. The molecule has 3 aliphatic heterocycles. The van der Waals surface area contributed by atoms with Crippen molar-refractivity contribution in [2.45, 2.75) is 50.9 Å². The highest BCUT2D eigenvalue weighted by Gasteiger charge is 2.39. The van der Waals surface area contributed by atoms with Gasteiger partial charge in [0.05, 0.1) is 0 Å². The first-order chi connectivity index (χ1) is 16.0. The summed E-state index contributed by atoms with van der Waals surface area (Å²) in [6.07, 6.45) is 2.87. The molecular formula is C26H30N4O3. The van der Waals surface area contributed by atoms with Gasteiger partial charge in [0.1, 0.15) is 6.04 Å². The third-order valence-electron chi connectivity index (χ3n) is 7.28. The van der Waals surface area contributed by atoms with E-state index in [2.05, 4.69) is 40.5 Å². The fourth-order valence-corrected chi connectivity index (χ4v) is 5.64. The van der Waals surface area contributed by atoms with Gasteiger partial charge in [0.15, 0.2) is 0 Å². The first kappa shape index (κ1) is 21.8. The highest BCUT2D eigenvalue weighted by Crippen LogP contribution is 2.37. The lowest BCUT2D eigenvalue weighted by atomic mass is 9.84. The van der Waals surface area contributed by atoms with Gasteiger partial charge in [-0.2, -0.15) is 0 Å². The predicted molar refractivity (Wildman–Crippen MR) is 124 cm³/mol. The third-order valence-corrected chi connectivity index (χ3v) is 7.28. The summed E-state index contributed by atoms with van der Waals surface area (Å²) < 4.78 is 0. The lowest BCUT2D eigenvalue weighted by molar-refractivity contribution is -0.136. The van der Waals surface area contributed by atoms with E-state index in [1.165, 1.54) is 5.56 Å². The smallest absolute Gasteiger partial charge is 0.255 e. The Bertz CT molecular complexity index is 1070. The van der Waals surface area contributed by atoms with Crippen molar-refractivity contribution in [3.63, 3.8) is 0 Å². The molecule has 0 saturated carbocycles. The number of carbonyl (C=O) groups excluding carboxylic acids is 3. The van der Waals surface area contributed by atoms with E-state index >= 15 is 0 Å². The second kappa shape index (κ2) is 9.08. The molecule has 0 radical (unpaired) electrons. The summed E-state index contributed by atoms with van der Waals surface area (Å²) >= 11 is 0. The van der Waals surface area contributed by atoms with Gasteiger partial charge in [0, 0.05) is 31.1 Å². The topological polar surface area (TPSA) is 95.7 Å². The van der Waals surface area contributed by atoms with Crippen molar-refractivity contribution in [1.29, 1.82) is 0 Å². The molecule has 3 N–H and O–H groups in total. The standard InChI is InChI=1S/C26H30N4O3/c27-14-19-7-4-12-29(24(19)18-5-2-1-3-6-18)15-17-8-9-20-16-30(26(33)21(20)13-17)22-10-11-23(31)28-25(22)32/h1-3,5-6,8-9,13,19,22,24H,4,7,10-12,14-16,27H2,(H,28,31,32)/t19-,22?,24+/m0/s1. The number of amides is 3. The fourth-order valence-electron chi connectivity index (χ4n) is 5.64. The second-order valence-corrected chi connectivity index (χ2v) is 9.36. The van der Waals surface area contributed by atoms with E-state index in [4.69, 9.17) is 5.73 Å². The number of imide groups is 1. The van der Waals surface area contributed by atoms with E-state index in [1.807, 2.05) is 18.2 Å². The van der Waals surface area contributed by atoms with Gasteiger partial charge in [-0.15, -0.1) is 0 Å². The van der Waals surface area contributed by atoms with Crippen LogP contribution in [0, 0.1) is 5.92 Å². The molecule has 0 spiro atoms. The number of nitrogens with two attached hydrogens (primary N) is 1. The number of fused-ring (bicyclic) bond motifs is 1.